The van der Waals surface area contributed by atoms with Crippen molar-refractivity contribution in [3.8, 4) is 0 Å². The molecule has 0 spiro atoms. The Balaban J connectivity index is 3.17. The van der Waals surface area contributed by atoms with Crippen LogP contribution in [0.3, 0.4) is 0 Å². The summed E-state index contributed by atoms with van der Waals surface area (Å²) in [6, 6.07) is 3.10. The Labute approximate surface area is 114 Å². The third-order valence-corrected chi connectivity index (χ3v) is 3.35. The summed E-state index contributed by atoms with van der Waals surface area (Å²) in [4.78, 5) is 24.9. The Morgan fingerprint density at radius 3 is 2.05 bits per heavy atom. The number of carbonyl (C=O) groups is 2. The van der Waals surface area contributed by atoms with Gasteiger partial charge < -0.3 is 10.0 Å². The van der Waals surface area contributed by atoms with Crippen molar-refractivity contribution in [3.05, 3.63) is 34.4 Å². The van der Waals surface area contributed by atoms with Crippen LogP contribution in [0.15, 0.2) is 12.1 Å². The molecule has 0 saturated heterocycles. The van der Waals surface area contributed by atoms with Crippen LogP contribution < -0.4 is 0 Å². The SMILES string of the molecule is CCC(C(=O)O)N(C)C(=O)c1c(C)cc(C)cc1C. The summed E-state index contributed by atoms with van der Waals surface area (Å²) in [5.41, 5.74) is 3.47. The van der Waals surface area contributed by atoms with Crippen molar-refractivity contribution in [1.29, 1.82) is 0 Å². The van der Waals surface area contributed by atoms with Gasteiger partial charge in [0.25, 0.3) is 5.91 Å². The van der Waals surface area contributed by atoms with Crippen LogP contribution >= 0.6 is 0 Å². The Kier molecular flexibility index (Phi) is 4.70. The Bertz CT molecular complexity index is 485. The molecular weight excluding hydrogens is 242 g/mol. The zero-order valence-electron chi connectivity index (χ0n) is 12.2. The molecule has 1 aromatic carbocycles. The zero-order chi connectivity index (χ0) is 14.7. The molecule has 1 atom stereocenters. The quantitative estimate of drug-likeness (QED) is 0.908. The van der Waals surface area contributed by atoms with Crippen molar-refractivity contribution in [2.45, 2.75) is 40.2 Å². The van der Waals surface area contributed by atoms with E-state index in [0.717, 1.165) is 16.7 Å². The highest BCUT2D eigenvalue weighted by molar-refractivity contribution is 5.99. The van der Waals surface area contributed by atoms with Gasteiger partial charge in [-0.2, -0.15) is 0 Å². The summed E-state index contributed by atoms with van der Waals surface area (Å²) < 4.78 is 0. The second kappa shape index (κ2) is 5.87. The number of nitrogens with zero attached hydrogens (tertiary/aromatic N) is 1. The van der Waals surface area contributed by atoms with Gasteiger partial charge in [0, 0.05) is 12.6 Å². The van der Waals surface area contributed by atoms with Crippen LogP contribution in [0.4, 0.5) is 0 Å². The molecule has 0 aliphatic heterocycles. The maximum atomic E-state index is 12.5. The second-order valence-electron chi connectivity index (χ2n) is 4.95. The molecule has 0 saturated carbocycles. The lowest BCUT2D eigenvalue weighted by atomic mass is 9.98. The minimum atomic E-state index is -0.972. The maximum Gasteiger partial charge on any atom is 0.326 e. The summed E-state index contributed by atoms with van der Waals surface area (Å²) >= 11 is 0. The summed E-state index contributed by atoms with van der Waals surface area (Å²) in [6.07, 6.45) is 0.390. The summed E-state index contributed by atoms with van der Waals surface area (Å²) in [5.74, 6) is -1.20. The van der Waals surface area contributed by atoms with E-state index in [0.29, 0.717) is 12.0 Å². The molecule has 1 unspecified atom stereocenters. The van der Waals surface area contributed by atoms with E-state index in [1.807, 2.05) is 32.9 Å². The van der Waals surface area contributed by atoms with Crippen molar-refractivity contribution < 1.29 is 14.7 Å². The van der Waals surface area contributed by atoms with Crippen molar-refractivity contribution in [3.63, 3.8) is 0 Å². The number of likely N-dealkylation sites (N-methyl/N-ethyl adjacent to an activating group) is 1. The summed E-state index contributed by atoms with van der Waals surface area (Å²) in [6.45, 7) is 7.49. The van der Waals surface area contributed by atoms with Crippen LogP contribution in [-0.2, 0) is 4.79 Å². The molecule has 0 radical (unpaired) electrons. The van der Waals surface area contributed by atoms with E-state index in [9.17, 15) is 9.59 Å². The van der Waals surface area contributed by atoms with E-state index >= 15 is 0 Å². The third-order valence-electron chi connectivity index (χ3n) is 3.35. The van der Waals surface area contributed by atoms with Crippen molar-refractivity contribution >= 4 is 11.9 Å². The molecule has 19 heavy (non-hydrogen) atoms. The van der Waals surface area contributed by atoms with Gasteiger partial charge in [0.2, 0.25) is 0 Å². The topological polar surface area (TPSA) is 57.6 Å². The highest BCUT2D eigenvalue weighted by Crippen LogP contribution is 2.19. The minimum Gasteiger partial charge on any atom is -0.480 e. The minimum absolute atomic E-state index is 0.232. The number of carboxylic acid groups (broad SMARTS) is 1. The van der Waals surface area contributed by atoms with Gasteiger partial charge in [-0.05, 0) is 38.3 Å². The molecule has 4 nitrogen and oxygen atoms in total. The van der Waals surface area contributed by atoms with Crippen LogP contribution in [0.25, 0.3) is 0 Å². The number of carboxylic acids is 1. The Morgan fingerprint density at radius 2 is 1.68 bits per heavy atom. The molecule has 4 heteroatoms. The van der Waals surface area contributed by atoms with Crippen molar-refractivity contribution in [2.75, 3.05) is 7.05 Å². The van der Waals surface area contributed by atoms with Gasteiger partial charge in [-0.15, -0.1) is 0 Å². The zero-order valence-corrected chi connectivity index (χ0v) is 12.2. The second-order valence-corrected chi connectivity index (χ2v) is 4.95. The fourth-order valence-electron chi connectivity index (χ4n) is 2.45. The smallest absolute Gasteiger partial charge is 0.326 e. The van der Waals surface area contributed by atoms with E-state index in [-0.39, 0.29) is 5.91 Å². The summed E-state index contributed by atoms with van der Waals surface area (Å²) in [7, 11) is 1.54. The van der Waals surface area contributed by atoms with Crippen LogP contribution in [0.5, 0.6) is 0 Å². The normalized spacial score (nSPS) is 12.1. The molecule has 0 bridgehead atoms. The first-order valence-electron chi connectivity index (χ1n) is 6.37. The van der Waals surface area contributed by atoms with Crippen LogP contribution in [0.1, 0.15) is 40.4 Å². The monoisotopic (exact) mass is 263 g/mol. The first-order valence-corrected chi connectivity index (χ1v) is 6.37. The standard InChI is InChI=1S/C15H21NO3/c1-6-12(15(18)19)16(5)14(17)13-10(3)7-9(2)8-11(13)4/h7-8,12H,6H2,1-5H3,(H,18,19). The fourth-order valence-corrected chi connectivity index (χ4v) is 2.45. The predicted octanol–water partition coefficient (Wildman–Crippen LogP) is 2.55. The lowest BCUT2D eigenvalue weighted by Gasteiger charge is -2.25. The van der Waals surface area contributed by atoms with Gasteiger partial charge in [0.1, 0.15) is 6.04 Å². The number of carbonyl (C=O) groups excluding carboxylic acids is 1. The maximum absolute atomic E-state index is 12.5. The highest BCUT2D eigenvalue weighted by atomic mass is 16.4. The van der Waals surface area contributed by atoms with Gasteiger partial charge in [-0.3, -0.25) is 4.79 Å². The molecule has 0 aromatic heterocycles. The molecule has 0 fully saturated rings. The van der Waals surface area contributed by atoms with E-state index in [1.165, 1.54) is 4.90 Å². The fraction of sp³-hybridized carbons (Fsp3) is 0.467. The number of rotatable bonds is 4. The van der Waals surface area contributed by atoms with E-state index in [2.05, 4.69) is 0 Å². The van der Waals surface area contributed by atoms with E-state index in [4.69, 9.17) is 5.11 Å². The number of aliphatic carboxylic acids is 1. The molecule has 1 N–H and O–H groups in total. The van der Waals surface area contributed by atoms with Gasteiger partial charge >= 0.3 is 5.97 Å². The number of aryl methyl sites for hydroxylation is 3. The first-order chi connectivity index (χ1) is 8.79. The van der Waals surface area contributed by atoms with Gasteiger partial charge in [-0.25, -0.2) is 4.79 Å². The van der Waals surface area contributed by atoms with Crippen LogP contribution in [-0.4, -0.2) is 35.0 Å². The Hall–Kier alpha value is -1.84. The van der Waals surface area contributed by atoms with Crippen LogP contribution in [0.2, 0.25) is 0 Å². The molecule has 0 heterocycles. The third kappa shape index (κ3) is 3.13. The molecule has 0 aliphatic carbocycles. The lowest BCUT2D eigenvalue weighted by molar-refractivity contribution is -0.142. The number of benzene rings is 1. The highest BCUT2D eigenvalue weighted by Gasteiger charge is 2.27. The molecule has 0 aliphatic rings. The lowest BCUT2D eigenvalue weighted by Crippen LogP contribution is -2.42. The van der Waals surface area contributed by atoms with E-state index < -0.39 is 12.0 Å². The molecule has 1 aromatic rings. The van der Waals surface area contributed by atoms with Gasteiger partial charge in [0.05, 0.1) is 0 Å². The number of hydrogen-bond acceptors (Lipinski definition) is 2. The van der Waals surface area contributed by atoms with Crippen molar-refractivity contribution in [2.24, 2.45) is 0 Å². The van der Waals surface area contributed by atoms with E-state index in [1.54, 1.807) is 14.0 Å². The molecule has 1 rings (SSSR count). The predicted molar refractivity (Wildman–Crippen MR) is 74.5 cm³/mol. The first kappa shape index (κ1) is 15.2. The number of amides is 1. The number of hydrogen-bond donors (Lipinski definition) is 1. The van der Waals surface area contributed by atoms with Crippen LogP contribution in [0, 0.1) is 20.8 Å². The van der Waals surface area contributed by atoms with Crippen molar-refractivity contribution in [1.82, 2.24) is 4.90 Å². The average molecular weight is 263 g/mol. The Morgan fingerprint density at radius 1 is 1.21 bits per heavy atom. The average Bonchev–Trinajstić information content (AvgIpc) is 2.27. The largest absolute Gasteiger partial charge is 0.480 e. The summed E-state index contributed by atoms with van der Waals surface area (Å²) in [5, 5.41) is 9.13. The van der Waals surface area contributed by atoms with Gasteiger partial charge in [-0.1, -0.05) is 24.6 Å². The molecule has 104 valence electrons. The molecule has 1 amide bonds. The molecular formula is C15H21NO3. The van der Waals surface area contributed by atoms with Gasteiger partial charge in [0.15, 0.2) is 0 Å².